The number of hydrogen-bond donors (Lipinski definition) is 3. The molecule has 3 heterocycles. The summed E-state index contributed by atoms with van der Waals surface area (Å²) in [7, 11) is -4.22. The van der Waals surface area contributed by atoms with E-state index in [-0.39, 0.29) is 60.1 Å². The van der Waals surface area contributed by atoms with Gasteiger partial charge in [-0.25, -0.2) is 8.42 Å². The van der Waals surface area contributed by atoms with Crippen molar-refractivity contribution in [3.8, 4) is 11.3 Å². The van der Waals surface area contributed by atoms with E-state index in [9.17, 15) is 41.5 Å². The van der Waals surface area contributed by atoms with Crippen LogP contribution in [0.3, 0.4) is 0 Å². The van der Waals surface area contributed by atoms with Crippen LogP contribution in [0.25, 0.3) is 11.3 Å². The summed E-state index contributed by atoms with van der Waals surface area (Å²) in [5.74, 6) is -1.61. The molecule has 15 heteroatoms. The van der Waals surface area contributed by atoms with Crippen molar-refractivity contribution in [1.82, 2.24) is 14.9 Å². The Hall–Kier alpha value is -3.95. The first-order valence-corrected chi connectivity index (χ1v) is 15.4. The maximum absolute atomic E-state index is 13.3. The van der Waals surface area contributed by atoms with Crippen LogP contribution < -0.4 is 15.4 Å². The molecule has 3 aromatic rings. The van der Waals surface area contributed by atoms with Crippen LogP contribution in [0, 0.1) is 11.1 Å². The number of benzene rings is 1. The number of alkyl halides is 3. The number of hydrogen-bond acceptors (Lipinski definition) is 7. The van der Waals surface area contributed by atoms with E-state index in [1.165, 1.54) is 42.5 Å². The van der Waals surface area contributed by atoms with Gasteiger partial charge in [0.25, 0.3) is 5.91 Å². The van der Waals surface area contributed by atoms with E-state index in [1.54, 1.807) is 0 Å². The van der Waals surface area contributed by atoms with Gasteiger partial charge in [0.05, 0.1) is 17.7 Å². The lowest BCUT2D eigenvalue weighted by Crippen LogP contribution is -2.54. The minimum Gasteiger partial charge on any atom is -0.618 e. The standard InChI is InChI=1S/C29H33F3N4O7S/c1-18(2)15-22(34-28(39)25-12-11-24(43-25)19-7-5-8-20(16-19)29(30,31)32)27(38)33-21-9-6-13-35(17-23(21)37)44(41,42)26-10-3-4-14-36(26)40/h3-5,7-8,10-12,14,16,18,21-23,37H,6,9,13,15,17H2,1-2H3,(H,33,38)(H,34,39)/t21?,22?,23-/m0/s1. The molecule has 0 spiro atoms. The summed E-state index contributed by atoms with van der Waals surface area (Å²) in [4.78, 5) is 26.3. The molecule has 238 valence electrons. The lowest BCUT2D eigenvalue weighted by Gasteiger charge is -2.27. The number of aliphatic hydroxyl groups excluding tert-OH is 1. The third-order valence-corrected chi connectivity index (χ3v) is 8.99. The number of nitrogens with zero attached hydrogens (tertiary/aromatic N) is 2. The van der Waals surface area contributed by atoms with Gasteiger partial charge in [-0.1, -0.05) is 26.0 Å². The van der Waals surface area contributed by atoms with E-state index in [1.807, 2.05) is 13.8 Å². The topological polar surface area (TPSA) is 156 Å². The summed E-state index contributed by atoms with van der Waals surface area (Å²) in [5, 5.41) is 27.8. The van der Waals surface area contributed by atoms with Crippen LogP contribution in [0.2, 0.25) is 0 Å². The lowest BCUT2D eigenvalue weighted by atomic mass is 10.0. The number of carbonyl (C=O) groups excluding carboxylic acids is 2. The Kier molecular flexibility index (Phi) is 10.0. The van der Waals surface area contributed by atoms with E-state index < -0.39 is 56.8 Å². The summed E-state index contributed by atoms with van der Waals surface area (Å²) in [6.07, 6.45) is -4.10. The molecule has 11 nitrogen and oxygen atoms in total. The van der Waals surface area contributed by atoms with Gasteiger partial charge in [-0.2, -0.15) is 22.2 Å². The average Bonchev–Trinajstić information content (AvgIpc) is 3.38. The van der Waals surface area contributed by atoms with Gasteiger partial charge >= 0.3 is 21.2 Å². The fourth-order valence-corrected chi connectivity index (χ4v) is 6.44. The number of β-amino-alcohol motifs (C(OH)–C–C–N with tert-alkyl or cyclic N) is 1. The Morgan fingerprint density at radius 1 is 1.16 bits per heavy atom. The van der Waals surface area contributed by atoms with E-state index in [2.05, 4.69) is 10.6 Å². The highest BCUT2D eigenvalue weighted by atomic mass is 32.2. The van der Waals surface area contributed by atoms with Crippen LogP contribution in [-0.2, 0) is 21.0 Å². The van der Waals surface area contributed by atoms with Gasteiger partial charge in [-0.3, -0.25) is 9.59 Å². The molecule has 44 heavy (non-hydrogen) atoms. The second-order valence-corrected chi connectivity index (χ2v) is 12.8. The molecule has 1 aliphatic rings. The van der Waals surface area contributed by atoms with Crippen LogP contribution in [0.1, 0.15) is 49.2 Å². The van der Waals surface area contributed by atoms with Crippen molar-refractivity contribution < 1.29 is 45.4 Å². The Bertz CT molecular complexity index is 1590. The molecule has 3 atom stereocenters. The SMILES string of the molecule is CC(C)CC(NC(=O)c1ccc(-c2cccc(C(F)(F)F)c2)o1)C(=O)NC1CCCN(S(=O)(=O)c2cccc[n+]2[O-])C[C@@H]1O. The number of pyridine rings is 1. The molecule has 2 amide bonds. The highest BCUT2D eigenvalue weighted by Crippen LogP contribution is 2.32. The molecule has 0 radical (unpaired) electrons. The Morgan fingerprint density at radius 3 is 2.59 bits per heavy atom. The number of aliphatic hydroxyl groups is 1. The summed E-state index contributed by atoms with van der Waals surface area (Å²) in [6.45, 7) is 3.31. The number of amides is 2. The van der Waals surface area contributed by atoms with Crippen molar-refractivity contribution in [3.05, 3.63) is 77.3 Å². The van der Waals surface area contributed by atoms with Crippen LogP contribution >= 0.6 is 0 Å². The van der Waals surface area contributed by atoms with Gasteiger partial charge in [0.1, 0.15) is 11.8 Å². The normalized spacial score (nSPS) is 18.9. The number of furan rings is 1. The van der Waals surface area contributed by atoms with E-state index in [0.717, 1.165) is 22.6 Å². The van der Waals surface area contributed by atoms with Gasteiger partial charge in [-0.05, 0) is 55.5 Å². The van der Waals surface area contributed by atoms with Crippen molar-refractivity contribution in [2.24, 2.45) is 5.92 Å². The molecule has 0 aliphatic carbocycles. The Balaban J connectivity index is 1.44. The molecular formula is C29H33F3N4O7S. The molecule has 4 rings (SSSR count). The van der Waals surface area contributed by atoms with Crippen LogP contribution in [0.4, 0.5) is 13.2 Å². The predicted molar refractivity (Wildman–Crippen MR) is 151 cm³/mol. The maximum atomic E-state index is 13.3. The van der Waals surface area contributed by atoms with Crippen LogP contribution in [-0.4, -0.2) is 60.9 Å². The van der Waals surface area contributed by atoms with Gasteiger partial charge in [0.15, 0.2) is 12.0 Å². The van der Waals surface area contributed by atoms with Crippen molar-refractivity contribution in [2.45, 2.75) is 62.5 Å². The highest BCUT2D eigenvalue weighted by molar-refractivity contribution is 7.88. The third kappa shape index (κ3) is 7.76. The molecule has 2 unspecified atom stereocenters. The van der Waals surface area contributed by atoms with Crippen molar-refractivity contribution in [3.63, 3.8) is 0 Å². The van der Waals surface area contributed by atoms with E-state index >= 15 is 0 Å². The number of nitrogens with one attached hydrogen (secondary N) is 2. The first-order chi connectivity index (χ1) is 20.7. The van der Waals surface area contributed by atoms with Gasteiger partial charge in [-0.15, -0.1) is 0 Å². The van der Waals surface area contributed by atoms with Crippen molar-refractivity contribution >= 4 is 21.8 Å². The lowest BCUT2D eigenvalue weighted by molar-refractivity contribution is -0.646. The monoisotopic (exact) mass is 638 g/mol. The zero-order valence-electron chi connectivity index (χ0n) is 24.0. The first-order valence-electron chi connectivity index (χ1n) is 13.9. The van der Waals surface area contributed by atoms with Gasteiger partial charge in [0, 0.05) is 30.8 Å². The average molecular weight is 639 g/mol. The number of rotatable bonds is 9. The minimum atomic E-state index is -4.56. The predicted octanol–water partition coefficient (Wildman–Crippen LogP) is 3.07. The summed E-state index contributed by atoms with van der Waals surface area (Å²) < 4.78 is 72.3. The molecule has 1 aromatic carbocycles. The van der Waals surface area contributed by atoms with Crippen molar-refractivity contribution in [1.29, 1.82) is 0 Å². The van der Waals surface area contributed by atoms with E-state index in [4.69, 9.17) is 4.42 Å². The Morgan fingerprint density at radius 2 is 1.91 bits per heavy atom. The van der Waals surface area contributed by atoms with Crippen molar-refractivity contribution in [2.75, 3.05) is 13.1 Å². The number of aromatic nitrogens is 1. The molecular weight excluding hydrogens is 605 g/mol. The smallest absolute Gasteiger partial charge is 0.416 e. The summed E-state index contributed by atoms with van der Waals surface area (Å²) in [5.41, 5.74) is -0.757. The van der Waals surface area contributed by atoms with Crippen LogP contribution in [0.5, 0.6) is 0 Å². The Labute approximate surface area is 252 Å². The zero-order chi connectivity index (χ0) is 32.2. The fraction of sp³-hybridized carbons (Fsp3) is 0.414. The largest absolute Gasteiger partial charge is 0.618 e. The molecule has 1 saturated heterocycles. The zero-order valence-corrected chi connectivity index (χ0v) is 24.8. The minimum absolute atomic E-state index is 0.0134. The molecule has 0 saturated carbocycles. The summed E-state index contributed by atoms with van der Waals surface area (Å²) in [6, 6.07) is 9.16. The van der Waals surface area contributed by atoms with Gasteiger partial charge < -0.3 is 25.4 Å². The molecule has 1 fully saturated rings. The number of sulfonamides is 1. The van der Waals surface area contributed by atoms with Crippen LogP contribution in [0.15, 0.2) is 70.2 Å². The number of carbonyl (C=O) groups is 2. The molecule has 0 bridgehead atoms. The van der Waals surface area contributed by atoms with Gasteiger partial charge in [0.2, 0.25) is 5.91 Å². The van der Waals surface area contributed by atoms with E-state index in [0.29, 0.717) is 0 Å². The second kappa shape index (κ2) is 13.4. The maximum Gasteiger partial charge on any atom is 0.416 e. The molecule has 1 aliphatic heterocycles. The third-order valence-electron chi connectivity index (χ3n) is 7.13. The quantitative estimate of drug-likeness (QED) is 0.240. The fourth-order valence-electron chi connectivity index (χ4n) is 4.92. The molecule has 2 aromatic heterocycles. The first kappa shape index (κ1) is 33.0. The second-order valence-electron chi connectivity index (χ2n) is 11.0. The molecule has 3 N–H and O–H groups in total. The highest BCUT2D eigenvalue weighted by Gasteiger charge is 2.38. The summed E-state index contributed by atoms with van der Waals surface area (Å²) >= 11 is 0. The number of halogens is 3.